The third kappa shape index (κ3) is 6.34. The van der Waals surface area contributed by atoms with Crippen molar-refractivity contribution in [1.82, 2.24) is 4.90 Å². The van der Waals surface area contributed by atoms with Gasteiger partial charge in [-0.25, -0.2) is 0 Å². The van der Waals surface area contributed by atoms with Crippen LogP contribution < -0.4 is 15.0 Å². The van der Waals surface area contributed by atoms with Crippen LogP contribution in [0.25, 0.3) is 0 Å². The van der Waals surface area contributed by atoms with Crippen LogP contribution >= 0.6 is 35.2 Å². The van der Waals surface area contributed by atoms with Gasteiger partial charge < -0.3 is 19.9 Å². The van der Waals surface area contributed by atoms with Gasteiger partial charge in [-0.05, 0) is 67.5 Å². The predicted octanol–water partition coefficient (Wildman–Crippen LogP) is 4.07. The first-order valence-electron chi connectivity index (χ1n) is 9.91. The maximum Gasteiger partial charge on any atom is 0.174 e. The molecule has 2 heterocycles. The monoisotopic (exact) mass is 438 g/mol. The van der Waals surface area contributed by atoms with Gasteiger partial charge in [0.25, 0.3) is 0 Å². The van der Waals surface area contributed by atoms with Crippen LogP contribution in [0.15, 0.2) is 35.7 Å². The molecule has 28 heavy (non-hydrogen) atoms. The van der Waals surface area contributed by atoms with Gasteiger partial charge in [-0.2, -0.15) is 0 Å². The molecule has 4 nitrogen and oxygen atoms in total. The molecule has 1 saturated heterocycles. The Morgan fingerprint density at radius 3 is 2.71 bits per heavy atom. The fourth-order valence-corrected chi connectivity index (χ4v) is 4.74. The van der Waals surface area contributed by atoms with Crippen LogP contribution in [0.3, 0.4) is 0 Å². The molecule has 1 fully saturated rings. The van der Waals surface area contributed by atoms with Crippen molar-refractivity contribution in [3.05, 3.63) is 45.6 Å². The molecular weight excluding hydrogens is 410 g/mol. The van der Waals surface area contributed by atoms with E-state index in [9.17, 15) is 0 Å². The third-order valence-electron chi connectivity index (χ3n) is 5.16. The number of thiocarbonyl (C=S) groups is 1. The Bertz CT molecular complexity index is 746. The Balaban J connectivity index is 1.68. The molecule has 0 atom stereocenters. The highest BCUT2D eigenvalue weighted by Crippen LogP contribution is 2.28. The van der Waals surface area contributed by atoms with Gasteiger partial charge in [0.1, 0.15) is 5.75 Å². The van der Waals surface area contributed by atoms with Crippen LogP contribution in [-0.2, 0) is 6.54 Å². The molecule has 1 aromatic carbocycles. The fourth-order valence-electron chi connectivity index (χ4n) is 3.59. The normalized spacial score (nSPS) is 15.1. The van der Waals surface area contributed by atoms with Gasteiger partial charge >= 0.3 is 0 Å². The Hall–Kier alpha value is -1.34. The first-order valence-corrected chi connectivity index (χ1v) is 11.6. The van der Waals surface area contributed by atoms with Crippen LogP contribution in [-0.4, -0.2) is 43.3 Å². The number of rotatable bonds is 7. The summed E-state index contributed by atoms with van der Waals surface area (Å²) in [6.07, 6.45) is 5.42. The van der Waals surface area contributed by atoms with Crippen molar-refractivity contribution >= 4 is 46.0 Å². The first kappa shape index (κ1) is 21.4. The van der Waals surface area contributed by atoms with Gasteiger partial charge in [0.15, 0.2) is 5.11 Å². The number of halogens is 1. The van der Waals surface area contributed by atoms with Crippen molar-refractivity contribution in [3.8, 4) is 5.75 Å². The van der Waals surface area contributed by atoms with Crippen molar-refractivity contribution in [2.24, 2.45) is 0 Å². The second kappa shape index (κ2) is 11.0. The van der Waals surface area contributed by atoms with Gasteiger partial charge in [-0.15, -0.1) is 11.3 Å². The number of quaternary nitrogens is 1. The molecule has 2 N–H and O–H groups in total. The quantitative estimate of drug-likeness (QED) is 0.637. The Labute approximate surface area is 182 Å². The van der Waals surface area contributed by atoms with E-state index in [4.69, 9.17) is 28.6 Å². The minimum Gasteiger partial charge on any atom is -0.495 e. The van der Waals surface area contributed by atoms with Gasteiger partial charge in [-0.3, -0.25) is 0 Å². The standard InChI is InChI=1S/C21H28ClN3OS2/c1-26-20-9-8-17(22)15-19(20)23-21(27)25(16-18-7-6-14-28-18)13-12-24-10-4-2-3-5-11-24/h6-9,14-15H,2-5,10-13,16H2,1H3,(H,23,27)/p+1. The highest BCUT2D eigenvalue weighted by atomic mass is 35.5. The highest BCUT2D eigenvalue weighted by molar-refractivity contribution is 7.80. The maximum atomic E-state index is 6.18. The van der Waals surface area contributed by atoms with Gasteiger partial charge in [0, 0.05) is 9.90 Å². The SMILES string of the molecule is COc1ccc(Cl)cc1NC(=S)N(CC[NH+]1CCCCCC1)Cc1cccs1. The summed E-state index contributed by atoms with van der Waals surface area (Å²) in [6.45, 7) is 5.41. The molecule has 1 aliphatic rings. The molecular formula is C21H29ClN3OS2+. The topological polar surface area (TPSA) is 28.9 Å². The Morgan fingerprint density at radius 1 is 1.25 bits per heavy atom. The number of hydrogen-bond donors (Lipinski definition) is 2. The fraction of sp³-hybridized carbons (Fsp3) is 0.476. The molecule has 1 aromatic heterocycles. The van der Waals surface area contributed by atoms with Crippen molar-refractivity contribution in [3.63, 3.8) is 0 Å². The lowest BCUT2D eigenvalue weighted by Gasteiger charge is -2.28. The van der Waals surface area contributed by atoms with E-state index in [2.05, 4.69) is 27.7 Å². The maximum absolute atomic E-state index is 6.18. The third-order valence-corrected chi connectivity index (χ3v) is 6.62. The Kier molecular flexibility index (Phi) is 8.40. The summed E-state index contributed by atoms with van der Waals surface area (Å²) in [7, 11) is 1.66. The van der Waals surface area contributed by atoms with Crippen LogP contribution in [0.5, 0.6) is 5.75 Å². The highest BCUT2D eigenvalue weighted by Gasteiger charge is 2.18. The van der Waals surface area contributed by atoms with Crippen LogP contribution in [0.4, 0.5) is 5.69 Å². The number of ether oxygens (including phenoxy) is 1. The molecule has 0 spiro atoms. The smallest absolute Gasteiger partial charge is 0.174 e. The summed E-state index contributed by atoms with van der Waals surface area (Å²) in [5.74, 6) is 0.737. The van der Waals surface area contributed by atoms with Crippen molar-refractivity contribution in [2.45, 2.75) is 32.2 Å². The average molecular weight is 439 g/mol. The number of thiophene rings is 1. The number of methoxy groups -OCH3 is 1. The van der Waals surface area contributed by atoms with E-state index in [-0.39, 0.29) is 0 Å². The molecule has 0 aliphatic carbocycles. The summed E-state index contributed by atoms with van der Waals surface area (Å²) in [5, 5.41) is 6.84. The molecule has 0 unspecified atom stereocenters. The summed E-state index contributed by atoms with van der Waals surface area (Å²) in [5.41, 5.74) is 0.804. The first-order chi connectivity index (χ1) is 13.7. The predicted molar refractivity (Wildman–Crippen MR) is 123 cm³/mol. The molecule has 0 bridgehead atoms. The minimum atomic E-state index is 0.657. The molecule has 0 saturated carbocycles. The van der Waals surface area contributed by atoms with Crippen molar-refractivity contribution in [1.29, 1.82) is 0 Å². The van der Waals surface area contributed by atoms with E-state index < -0.39 is 0 Å². The molecule has 3 rings (SSSR count). The molecule has 1 aliphatic heterocycles. The second-order valence-electron chi connectivity index (χ2n) is 7.19. The lowest BCUT2D eigenvalue weighted by atomic mass is 10.2. The summed E-state index contributed by atoms with van der Waals surface area (Å²) in [4.78, 5) is 5.27. The minimum absolute atomic E-state index is 0.657. The number of nitrogens with one attached hydrogen (secondary N) is 2. The molecule has 0 radical (unpaired) electrons. The van der Waals surface area contributed by atoms with Crippen LogP contribution in [0.2, 0.25) is 5.02 Å². The number of hydrogen-bond acceptors (Lipinski definition) is 3. The van der Waals surface area contributed by atoms with Gasteiger partial charge in [0.05, 0.1) is 45.5 Å². The zero-order valence-corrected chi connectivity index (χ0v) is 18.8. The lowest BCUT2D eigenvalue weighted by Crippen LogP contribution is -3.12. The van der Waals surface area contributed by atoms with Crippen molar-refractivity contribution < 1.29 is 9.64 Å². The van der Waals surface area contributed by atoms with E-state index in [0.717, 1.165) is 31.1 Å². The zero-order chi connectivity index (χ0) is 19.8. The zero-order valence-electron chi connectivity index (χ0n) is 16.4. The summed E-state index contributed by atoms with van der Waals surface area (Å²) < 4.78 is 5.45. The summed E-state index contributed by atoms with van der Waals surface area (Å²) in [6, 6.07) is 9.79. The average Bonchev–Trinajstić information content (AvgIpc) is 3.06. The van der Waals surface area contributed by atoms with E-state index in [1.807, 2.05) is 18.2 Å². The van der Waals surface area contributed by atoms with E-state index >= 15 is 0 Å². The van der Waals surface area contributed by atoms with E-state index in [1.54, 1.807) is 23.3 Å². The number of anilines is 1. The van der Waals surface area contributed by atoms with E-state index in [0.29, 0.717) is 10.1 Å². The number of likely N-dealkylation sites (tertiary alicyclic amines) is 1. The second-order valence-corrected chi connectivity index (χ2v) is 9.05. The molecule has 2 aromatic rings. The number of nitrogens with zero attached hydrogens (tertiary/aromatic N) is 1. The van der Waals surface area contributed by atoms with Gasteiger partial charge in [-0.1, -0.05) is 17.7 Å². The van der Waals surface area contributed by atoms with E-state index in [1.165, 1.54) is 43.6 Å². The van der Waals surface area contributed by atoms with Gasteiger partial charge in [0.2, 0.25) is 0 Å². The Morgan fingerprint density at radius 2 is 2.04 bits per heavy atom. The van der Waals surface area contributed by atoms with Crippen molar-refractivity contribution in [2.75, 3.05) is 38.6 Å². The molecule has 0 amide bonds. The van der Waals surface area contributed by atoms with Crippen LogP contribution in [0.1, 0.15) is 30.6 Å². The lowest BCUT2D eigenvalue weighted by molar-refractivity contribution is -0.898. The van der Waals surface area contributed by atoms with Crippen LogP contribution in [0, 0.1) is 0 Å². The molecule has 7 heteroatoms. The largest absolute Gasteiger partial charge is 0.495 e. The number of benzene rings is 1. The molecule has 152 valence electrons. The summed E-state index contributed by atoms with van der Waals surface area (Å²) >= 11 is 13.7.